The molecule has 0 aliphatic heterocycles. The van der Waals surface area contributed by atoms with Crippen LogP contribution < -0.4 is 5.32 Å². The Labute approximate surface area is 176 Å². The van der Waals surface area contributed by atoms with Gasteiger partial charge in [0.05, 0.1) is 11.4 Å². The molecule has 4 rings (SSSR count). The highest BCUT2D eigenvalue weighted by Gasteiger charge is 2.39. The van der Waals surface area contributed by atoms with Crippen molar-refractivity contribution >= 4 is 5.91 Å². The van der Waals surface area contributed by atoms with E-state index in [1.807, 2.05) is 26.0 Å². The minimum atomic E-state index is -0.638. The van der Waals surface area contributed by atoms with E-state index in [1.165, 1.54) is 10.4 Å². The molecule has 1 aromatic carbocycles. The van der Waals surface area contributed by atoms with E-state index in [0.717, 1.165) is 49.8 Å². The van der Waals surface area contributed by atoms with Gasteiger partial charge in [-0.05, 0) is 45.2 Å². The van der Waals surface area contributed by atoms with Crippen molar-refractivity contribution in [2.24, 2.45) is 0 Å². The summed E-state index contributed by atoms with van der Waals surface area (Å²) in [6, 6.07) is 6.06. The molecule has 1 saturated carbocycles. The third-order valence-electron chi connectivity index (χ3n) is 5.83. The summed E-state index contributed by atoms with van der Waals surface area (Å²) in [5.74, 6) is 0.794. The summed E-state index contributed by atoms with van der Waals surface area (Å²) < 4.78 is 5.23. The summed E-state index contributed by atoms with van der Waals surface area (Å²) in [7, 11) is 0. The van der Waals surface area contributed by atoms with Crippen LogP contribution >= 0.6 is 0 Å². The predicted octanol–water partition coefficient (Wildman–Crippen LogP) is 3.86. The molecule has 0 radical (unpaired) electrons. The summed E-state index contributed by atoms with van der Waals surface area (Å²) in [5.41, 5.74) is 3.35. The first-order valence-corrected chi connectivity index (χ1v) is 10.5. The number of nitrogens with zero attached hydrogens (tertiary/aromatic N) is 5. The molecule has 1 N–H and O–H groups in total. The number of nitrogens with one attached hydrogen (secondary N) is 1. The SMILES string of the molecule is Cc1ccc(-n2nc(C)c(C(=O)NC3(c4noc(C)n4)CCCCCC3)n2)c(C)c1. The number of amides is 1. The molecule has 0 bridgehead atoms. The molecule has 1 amide bonds. The van der Waals surface area contributed by atoms with Crippen LogP contribution in [0.25, 0.3) is 5.69 Å². The van der Waals surface area contributed by atoms with Crippen LogP contribution in [0.5, 0.6) is 0 Å². The lowest BCUT2D eigenvalue weighted by atomic mass is 9.89. The molecule has 2 heterocycles. The molecule has 8 heteroatoms. The molecule has 0 atom stereocenters. The number of hydrogen-bond donors (Lipinski definition) is 1. The fourth-order valence-electron chi connectivity index (χ4n) is 4.23. The van der Waals surface area contributed by atoms with Crippen molar-refractivity contribution in [3.63, 3.8) is 0 Å². The van der Waals surface area contributed by atoms with E-state index in [9.17, 15) is 4.79 Å². The molecule has 3 aromatic rings. The van der Waals surface area contributed by atoms with E-state index in [4.69, 9.17) is 4.52 Å². The van der Waals surface area contributed by atoms with Crippen molar-refractivity contribution in [2.45, 2.75) is 71.8 Å². The van der Waals surface area contributed by atoms with Crippen LogP contribution in [-0.4, -0.2) is 31.0 Å². The lowest BCUT2D eigenvalue weighted by molar-refractivity contribution is 0.0870. The lowest BCUT2D eigenvalue weighted by Crippen LogP contribution is -2.46. The molecule has 1 fully saturated rings. The van der Waals surface area contributed by atoms with E-state index in [1.54, 1.807) is 13.8 Å². The maximum absolute atomic E-state index is 13.3. The van der Waals surface area contributed by atoms with Crippen LogP contribution in [0.2, 0.25) is 0 Å². The second-order valence-electron chi connectivity index (χ2n) is 8.30. The molecule has 0 unspecified atom stereocenters. The van der Waals surface area contributed by atoms with Gasteiger partial charge in [0.1, 0.15) is 5.54 Å². The quantitative estimate of drug-likeness (QED) is 0.658. The van der Waals surface area contributed by atoms with Crippen molar-refractivity contribution < 1.29 is 9.32 Å². The second-order valence-corrected chi connectivity index (χ2v) is 8.30. The van der Waals surface area contributed by atoms with E-state index in [-0.39, 0.29) is 5.91 Å². The Morgan fingerprint density at radius 1 is 1.07 bits per heavy atom. The summed E-state index contributed by atoms with van der Waals surface area (Å²) in [4.78, 5) is 19.3. The predicted molar refractivity (Wildman–Crippen MR) is 111 cm³/mol. The molecule has 0 spiro atoms. The van der Waals surface area contributed by atoms with E-state index >= 15 is 0 Å². The minimum absolute atomic E-state index is 0.257. The topological polar surface area (TPSA) is 98.7 Å². The molecule has 2 aromatic heterocycles. The average molecular weight is 409 g/mol. The van der Waals surface area contributed by atoms with Crippen LogP contribution in [0, 0.1) is 27.7 Å². The number of hydrogen-bond acceptors (Lipinski definition) is 6. The first-order chi connectivity index (χ1) is 14.4. The highest BCUT2D eigenvalue weighted by atomic mass is 16.5. The van der Waals surface area contributed by atoms with E-state index in [0.29, 0.717) is 23.1 Å². The smallest absolute Gasteiger partial charge is 0.274 e. The Bertz CT molecular complexity index is 1060. The standard InChI is InChI=1S/C22H28N6O2/c1-14-9-10-18(15(2)13-14)28-25-16(3)19(26-28)20(29)24-22(11-7-5-6-8-12-22)21-23-17(4)30-27-21/h9-10,13H,5-8,11-12H2,1-4H3,(H,24,29). The summed E-state index contributed by atoms with van der Waals surface area (Å²) in [5, 5.41) is 16.4. The molecule has 0 saturated heterocycles. The van der Waals surface area contributed by atoms with Crippen molar-refractivity contribution in [1.29, 1.82) is 0 Å². The Morgan fingerprint density at radius 2 is 1.80 bits per heavy atom. The van der Waals surface area contributed by atoms with Crippen LogP contribution in [0.3, 0.4) is 0 Å². The number of aromatic nitrogens is 5. The maximum atomic E-state index is 13.3. The number of carbonyl (C=O) groups is 1. The lowest BCUT2D eigenvalue weighted by Gasteiger charge is -2.30. The van der Waals surface area contributed by atoms with E-state index in [2.05, 4.69) is 31.7 Å². The number of carbonyl (C=O) groups excluding carboxylic acids is 1. The van der Waals surface area contributed by atoms with Gasteiger partial charge < -0.3 is 9.84 Å². The van der Waals surface area contributed by atoms with Crippen LogP contribution in [0.4, 0.5) is 0 Å². The summed E-state index contributed by atoms with van der Waals surface area (Å²) in [6.07, 6.45) is 5.83. The zero-order valence-corrected chi connectivity index (χ0v) is 18.0. The van der Waals surface area contributed by atoms with E-state index < -0.39 is 5.54 Å². The van der Waals surface area contributed by atoms with Gasteiger partial charge in [-0.15, -0.1) is 5.10 Å². The Hall–Kier alpha value is -3.03. The number of rotatable bonds is 4. The van der Waals surface area contributed by atoms with Gasteiger partial charge in [0.15, 0.2) is 11.5 Å². The molecular formula is C22H28N6O2. The van der Waals surface area contributed by atoms with Gasteiger partial charge in [-0.25, -0.2) is 0 Å². The highest BCUT2D eigenvalue weighted by Crippen LogP contribution is 2.35. The Balaban J connectivity index is 1.65. The van der Waals surface area contributed by atoms with Gasteiger partial charge >= 0.3 is 0 Å². The zero-order valence-electron chi connectivity index (χ0n) is 18.0. The van der Waals surface area contributed by atoms with Gasteiger partial charge in [0.2, 0.25) is 5.89 Å². The van der Waals surface area contributed by atoms with Gasteiger partial charge in [-0.3, -0.25) is 4.79 Å². The fourth-order valence-corrected chi connectivity index (χ4v) is 4.23. The Morgan fingerprint density at radius 3 is 2.43 bits per heavy atom. The average Bonchev–Trinajstić information content (AvgIpc) is 3.22. The second kappa shape index (κ2) is 8.01. The molecule has 8 nitrogen and oxygen atoms in total. The normalized spacial score (nSPS) is 16.3. The minimum Gasteiger partial charge on any atom is -0.340 e. The third kappa shape index (κ3) is 3.86. The van der Waals surface area contributed by atoms with Crippen molar-refractivity contribution in [3.05, 3.63) is 52.4 Å². The molecule has 30 heavy (non-hydrogen) atoms. The zero-order chi connectivity index (χ0) is 21.3. The molecular weight excluding hydrogens is 380 g/mol. The molecule has 1 aliphatic rings. The van der Waals surface area contributed by atoms with Crippen LogP contribution in [-0.2, 0) is 5.54 Å². The monoisotopic (exact) mass is 408 g/mol. The van der Waals surface area contributed by atoms with Crippen molar-refractivity contribution in [1.82, 2.24) is 30.5 Å². The van der Waals surface area contributed by atoms with Gasteiger partial charge in [-0.2, -0.15) is 14.9 Å². The van der Waals surface area contributed by atoms with Crippen molar-refractivity contribution in [2.75, 3.05) is 0 Å². The van der Waals surface area contributed by atoms with Gasteiger partial charge in [0, 0.05) is 6.92 Å². The largest absolute Gasteiger partial charge is 0.340 e. The van der Waals surface area contributed by atoms with Crippen molar-refractivity contribution in [3.8, 4) is 5.69 Å². The maximum Gasteiger partial charge on any atom is 0.274 e. The number of benzene rings is 1. The molecule has 158 valence electrons. The first-order valence-electron chi connectivity index (χ1n) is 10.5. The molecule has 1 aliphatic carbocycles. The third-order valence-corrected chi connectivity index (χ3v) is 5.83. The van der Waals surface area contributed by atoms with Gasteiger partial charge in [-0.1, -0.05) is 48.5 Å². The van der Waals surface area contributed by atoms with Crippen LogP contribution in [0.15, 0.2) is 22.7 Å². The summed E-state index contributed by atoms with van der Waals surface area (Å²) in [6.45, 7) is 7.63. The summed E-state index contributed by atoms with van der Waals surface area (Å²) >= 11 is 0. The fraction of sp³-hybridized carbons (Fsp3) is 0.500. The first kappa shape index (κ1) is 20.3. The van der Waals surface area contributed by atoms with Gasteiger partial charge in [0.25, 0.3) is 5.91 Å². The number of aryl methyl sites for hydroxylation is 4. The van der Waals surface area contributed by atoms with Crippen LogP contribution in [0.1, 0.15) is 77.5 Å². The highest BCUT2D eigenvalue weighted by molar-refractivity contribution is 5.93. The Kier molecular flexibility index (Phi) is 5.40.